The third-order valence-electron chi connectivity index (χ3n) is 4.62. The highest BCUT2D eigenvalue weighted by molar-refractivity contribution is 5.97. The number of benzene rings is 1. The summed E-state index contributed by atoms with van der Waals surface area (Å²) in [6, 6.07) is 11.4. The van der Waals surface area contributed by atoms with Gasteiger partial charge in [-0.1, -0.05) is 13.0 Å². The van der Waals surface area contributed by atoms with Gasteiger partial charge in [0, 0.05) is 24.7 Å². The van der Waals surface area contributed by atoms with Crippen LogP contribution in [0.2, 0.25) is 0 Å². The van der Waals surface area contributed by atoms with Crippen LogP contribution in [0.5, 0.6) is 0 Å². The number of nitrogens with zero attached hydrogens (tertiary/aromatic N) is 3. The Morgan fingerprint density at radius 2 is 2.25 bits per heavy atom. The van der Waals surface area contributed by atoms with Crippen LogP contribution in [0, 0.1) is 5.92 Å². The molecule has 0 unspecified atom stereocenters. The van der Waals surface area contributed by atoms with E-state index in [4.69, 9.17) is 4.98 Å². The summed E-state index contributed by atoms with van der Waals surface area (Å²) in [5.74, 6) is 1.71. The van der Waals surface area contributed by atoms with Crippen molar-refractivity contribution in [2.75, 3.05) is 0 Å². The lowest BCUT2D eigenvalue weighted by atomic mass is 10.0. The number of pyridine rings is 1. The van der Waals surface area contributed by atoms with Crippen LogP contribution in [0.4, 0.5) is 0 Å². The van der Waals surface area contributed by atoms with Gasteiger partial charge in [0.25, 0.3) is 5.91 Å². The second-order valence-electron chi connectivity index (χ2n) is 6.48. The van der Waals surface area contributed by atoms with Crippen LogP contribution in [0.15, 0.2) is 42.6 Å². The molecule has 2 aromatic heterocycles. The van der Waals surface area contributed by atoms with Gasteiger partial charge in [0.15, 0.2) is 0 Å². The van der Waals surface area contributed by atoms with Crippen molar-refractivity contribution < 1.29 is 4.79 Å². The van der Waals surface area contributed by atoms with E-state index < -0.39 is 0 Å². The Labute approximate surface area is 140 Å². The van der Waals surface area contributed by atoms with Gasteiger partial charge in [0.2, 0.25) is 0 Å². The maximum absolute atomic E-state index is 12.4. The SMILES string of the molecule is C[C@H]1CCn2c(nc3cc(C(=O)NCc4ccccn4)ccc32)C1. The second-order valence-corrected chi connectivity index (χ2v) is 6.48. The van der Waals surface area contributed by atoms with Crippen LogP contribution < -0.4 is 5.32 Å². The zero-order valence-electron chi connectivity index (χ0n) is 13.7. The Hall–Kier alpha value is -2.69. The first kappa shape index (κ1) is 14.9. The van der Waals surface area contributed by atoms with Gasteiger partial charge in [-0.25, -0.2) is 4.98 Å². The number of hydrogen-bond acceptors (Lipinski definition) is 3. The minimum atomic E-state index is -0.0955. The molecule has 1 N–H and O–H groups in total. The summed E-state index contributed by atoms with van der Waals surface area (Å²) in [5.41, 5.74) is 3.52. The number of fused-ring (bicyclic) bond motifs is 3. The highest BCUT2D eigenvalue weighted by Crippen LogP contribution is 2.25. The number of aryl methyl sites for hydroxylation is 1. The second kappa shape index (κ2) is 6.07. The molecule has 0 saturated heterocycles. The maximum Gasteiger partial charge on any atom is 0.251 e. The van der Waals surface area contributed by atoms with E-state index >= 15 is 0 Å². The number of aromatic nitrogens is 3. The van der Waals surface area contributed by atoms with Crippen LogP contribution in [0.25, 0.3) is 11.0 Å². The summed E-state index contributed by atoms with van der Waals surface area (Å²) in [4.78, 5) is 21.3. The number of imidazole rings is 1. The van der Waals surface area contributed by atoms with Crippen molar-refractivity contribution in [2.24, 2.45) is 5.92 Å². The molecule has 4 rings (SSSR count). The summed E-state index contributed by atoms with van der Waals surface area (Å²) < 4.78 is 2.28. The first-order valence-corrected chi connectivity index (χ1v) is 8.38. The molecule has 5 nitrogen and oxygen atoms in total. The van der Waals surface area contributed by atoms with Crippen LogP contribution >= 0.6 is 0 Å². The molecule has 1 aliphatic rings. The zero-order chi connectivity index (χ0) is 16.5. The van der Waals surface area contributed by atoms with Crippen molar-refractivity contribution in [1.29, 1.82) is 0 Å². The van der Waals surface area contributed by atoms with Crippen molar-refractivity contribution in [3.63, 3.8) is 0 Å². The largest absolute Gasteiger partial charge is 0.346 e. The van der Waals surface area contributed by atoms with Gasteiger partial charge < -0.3 is 9.88 Å². The molecule has 1 atom stereocenters. The van der Waals surface area contributed by atoms with Crippen LogP contribution in [0.3, 0.4) is 0 Å². The Morgan fingerprint density at radius 3 is 3.08 bits per heavy atom. The normalized spacial score (nSPS) is 16.8. The summed E-state index contributed by atoms with van der Waals surface area (Å²) in [6.45, 7) is 3.70. The van der Waals surface area contributed by atoms with Crippen LogP contribution in [-0.4, -0.2) is 20.4 Å². The van der Waals surface area contributed by atoms with Crippen molar-refractivity contribution >= 4 is 16.9 Å². The monoisotopic (exact) mass is 320 g/mol. The number of rotatable bonds is 3. The smallest absolute Gasteiger partial charge is 0.251 e. The van der Waals surface area contributed by atoms with E-state index in [-0.39, 0.29) is 5.91 Å². The lowest BCUT2D eigenvalue weighted by molar-refractivity contribution is 0.0950. The van der Waals surface area contributed by atoms with Gasteiger partial charge >= 0.3 is 0 Å². The molecule has 24 heavy (non-hydrogen) atoms. The average Bonchev–Trinajstić information content (AvgIpc) is 2.97. The maximum atomic E-state index is 12.4. The molecule has 3 aromatic rings. The lowest BCUT2D eigenvalue weighted by Gasteiger charge is -2.19. The molecule has 1 amide bonds. The minimum absolute atomic E-state index is 0.0955. The summed E-state index contributed by atoms with van der Waals surface area (Å²) in [7, 11) is 0. The molecular formula is C19H20N4O. The third kappa shape index (κ3) is 2.77. The minimum Gasteiger partial charge on any atom is -0.346 e. The summed E-state index contributed by atoms with van der Waals surface area (Å²) in [6.07, 6.45) is 3.92. The van der Waals surface area contributed by atoms with Crippen molar-refractivity contribution in [1.82, 2.24) is 19.9 Å². The highest BCUT2D eigenvalue weighted by Gasteiger charge is 2.19. The van der Waals surface area contributed by atoms with Crippen molar-refractivity contribution in [3.05, 3.63) is 59.7 Å². The molecule has 3 heterocycles. The van der Waals surface area contributed by atoms with Crippen molar-refractivity contribution in [3.8, 4) is 0 Å². The molecule has 1 aliphatic heterocycles. The molecule has 1 aromatic carbocycles. The van der Waals surface area contributed by atoms with E-state index in [0.717, 1.165) is 35.5 Å². The molecule has 0 radical (unpaired) electrons. The Morgan fingerprint density at radius 1 is 1.33 bits per heavy atom. The molecule has 0 aliphatic carbocycles. The Kier molecular flexibility index (Phi) is 3.76. The highest BCUT2D eigenvalue weighted by atomic mass is 16.1. The number of carbonyl (C=O) groups excluding carboxylic acids is 1. The topological polar surface area (TPSA) is 59.8 Å². The molecule has 5 heteroatoms. The number of nitrogens with one attached hydrogen (secondary N) is 1. The number of carbonyl (C=O) groups is 1. The van der Waals surface area contributed by atoms with Crippen LogP contribution in [0.1, 0.15) is 35.2 Å². The van der Waals surface area contributed by atoms with Gasteiger partial charge in [-0.15, -0.1) is 0 Å². The van der Waals surface area contributed by atoms with E-state index in [1.165, 1.54) is 6.42 Å². The van der Waals surface area contributed by atoms with E-state index in [0.29, 0.717) is 18.0 Å². The van der Waals surface area contributed by atoms with E-state index in [1.54, 1.807) is 6.20 Å². The Balaban J connectivity index is 1.55. The molecule has 0 spiro atoms. The molecule has 122 valence electrons. The molecular weight excluding hydrogens is 300 g/mol. The van der Waals surface area contributed by atoms with E-state index in [1.807, 2.05) is 36.4 Å². The summed E-state index contributed by atoms with van der Waals surface area (Å²) >= 11 is 0. The fourth-order valence-electron chi connectivity index (χ4n) is 3.27. The van der Waals surface area contributed by atoms with Crippen LogP contribution in [-0.2, 0) is 19.5 Å². The molecule has 0 fully saturated rings. The number of amides is 1. The zero-order valence-corrected chi connectivity index (χ0v) is 13.7. The van der Waals surface area contributed by atoms with E-state index in [9.17, 15) is 4.79 Å². The molecule has 0 bridgehead atoms. The molecule has 0 saturated carbocycles. The predicted octanol–water partition coefficient (Wildman–Crippen LogP) is 2.94. The lowest BCUT2D eigenvalue weighted by Crippen LogP contribution is -2.23. The fourth-order valence-corrected chi connectivity index (χ4v) is 3.27. The predicted molar refractivity (Wildman–Crippen MR) is 92.6 cm³/mol. The van der Waals surface area contributed by atoms with Gasteiger partial charge in [0.05, 0.1) is 23.3 Å². The first-order chi connectivity index (χ1) is 11.7. The van der Waals surface area contributed by atoms with Gasteiger partial charge in [0.1, 0.15) is 5.82 Å². The third-order valence-corrected chi connectivity index (χ3v) is 4.62. The van der Waals surface area contributed by atoms with Gasteiger partial charge in [-0.2, -0.15) is 0 Å². The van der Waals surface area contributed by atoms with Crippen molar-refractivity contribution in [2.45, 2.75) is 32.9 Å². The number of hydrogen-bond donors (Lipinski definition) is 1. The quantitative estimate of drug-likeness (QED) is 0.807. The standard InChI is InChI=1S/C19H20N4O/c1-13-7-9-23-17-6-5-14(11-16(17)22-18(23)10-13)19(24)21-12-15-4-2-3-8-20-15/h2-6,8,11,13H,7,9-10,12H2,1H3,(H,21,24)/t13-/m0/s1. The first-order valence-electron chi connectivity index (χ1n) is 8.38. The summed E-state index contributed by atoms with van der Waals surface area (Å²) in [5, 5.41) is 2.91. The van der Waals surface area contributed by atoms with E-state index in [2.05, 4.69) is 21.8 Å². The van der Waals surface area contributed by atoms with Gasteiger partial charge in [-0.3, -0.25) is 9.78 Å². The fraction of sp³-hybridized carbons (Fsp3) is 0.316. The van der Waals surface area contributed by atoms with Gasteiger partial charge in [-0.05, 0) is 42.7 Å². The Bertz CT molecular complexity index is 885. The average molecular weight is 320 g/mol.